The number of rotatable bonds is 6. The van der Waals surface area contributed by atoms with Crippen molar-refractivity contribution in [2.45, 2.75) is 43.9 Å². The summed E-state index contributed by atoms with van der Waals surface area (Å²) >= 11 is 0. The van der Waals surface area contributed by atoms with Gasteiger partial charge in [0.1, 0.15) is 0 Å². The van der Waals surface area contributed by atoms with Gasteiger partial charge in [-0.15, -0.1) is 0 Å². The van der Waals surface area contributed by atoms with E-state index in [4.69, 9.17) is 15.3 Å². The number of hydrazine groups is 1. The summed E-state index contributed by atoms with van der Waals surface area (Å²) in [4.78, 5) is 0. The SMILES string of the molecule is COC(OC)C(CC1CCCc2ccccc21)NN. The zero-order valence-corrected chi connectivity index (χ0v) is 11.8. The van der Waals surface area contributed by atoms with Crippen molar-refractivity contribution in [1.29, 1.82) is 0 Å². The molecule has 0 radical (unpaired) electrons. The van der Waals surface area contributed by atoms with Gasteiger partial charge in [-0.05, 0) is 42.7 Å². The first-order valence-corrected chi connectivity index (χ1v) is 6.89. The van der Waals surface area contributed by atoms with Crippen LogP contribution in [-0.4, -0.2) is 26.6 Å². The number of hydrogen-bond acceptors (Lipinski definition) is 4. The third-order valence-electron chi connectivity index (χ3n) is 4.04. The normalized spacial score (nSPS) is 20.3. The van der Waals surface area contributed by atoms with Crippen LogP contribution in [0.15, 0.2) is 24.3 Å². The fraction of sp³-hybridized carbons (Fsp3) is 0.600. The van der Waals surface area contributed by atoms with Crippen molar-refractivity contribution in [3.05, 3.63) is 35.4 Å². The first-order valence-electron chi connectivity index (χ1n) is 6.89. The van der Waals surface area contributed by atoms with Gasteiger partial charge in [0.05, 0.1) is 6.04 Å². The molecule has 1 aliphatic rings. The van der Waals surface area contributed by atoms with E-state index in [1.807, 2.05) is 0 Å². The van der Waals surface area contributed by atoms with Gasteiger partial charge < -0.3 is 9.47 Å². The number of methoxy groups -OCH3 is 2. The van der Waals surface area contributed by atoms with E-state index in [0.717, 1.165) is 6.42 Å². The van der Waals surface area contributed by atoms with Crippen LogP contribution in [0.3, 0.4) is 0 Å². The molecule has 2 unspecified atom stereocenters. The summed E-state index contributed by atoms with van der Waals surface area (Å²) in [5.41, 5.74) is 5.76. The first-order chi connectivity index (χ1) is 9.30. The highest BCUT2D eigenvalue weighted by molar-refractivity contribution is 5.32. The first kappa shape index (κ1) is 14.5. The van der Waals surface area contributed by atoms with E-state index < -0.39 is 0 Å². The van der Waals surface area contributed by atoms with Crippen molar-refractivity contribution in [2.75, 3.05) is 14.2 Å². The molecule has 1 aliphatic carbocycles. The lowest BCUT2D eigenvalue weighted by Gasteiger charge is -2.31. The molecule has 0 fully saturated rings. The highest BCUT2D eigenvalue weighted by Gasteiger charge is 2.27. The molecule has 0 spiro atoms. The summed E-state index contributed by atoms with van der Waals surface area (Å²) in [5, 5.41) is 0. The van der Waals surface area contributed by atoms with Gasteiger partial charge in [-0.25, -0.2) is 0 Å². The van der Waals surface area contributed by atoms with Gasteiger partial charge in [0.15, 0.2) is 6.29 Å². The largest absolute Gasteiger partial charge is 0.354 e. The molecule has 0 saturated carbocycles. The van der Waals surface area contributed by atoms with Crippen LogP contribution >= 0.6 is 0 Å². The number of nitrogens with two attached hydrogens (primary N) is 1. The van der Waals surface area contributed by atoms with E-state index in [1.165, 1.54) is 30.4 Å². The molecule has 0 aromatic heterocycles. The molecule has 3 N–H and O–H groups in total. The van der Waals surface area contributed by atoms with Gasteiger partial charge in [0, 0.05) is 14.2 Å². The molecule has 19 heavy (non-hydrogen) atoms. The minimum absolute atomic E-state index is 0.00570. The average Bonchev–Trinajstić information content (AvgIpc) is 2.47. The van der Waals surface area contributed by atoms with Gasteiger partial charge in [0.2, 0.25) is 0 Å². The van der Waals surface area contributed by atoms with Crippen LogP contribution in [0.25, 0.3) is 0 Å². The molecule has 1 aromatic rings. The van der Waals surface area contributed by atoms with Crippen LogP contribution in [0, 0.1) is 0 Å². The Morgan fingerprint density at radius 1 is 1.32 bits per heavy atom. The summed E-state index contributed by atoms with van der Waals surface area (Å²) in [5.74, 6) is 6.18. The van der Waals surface area contributed by atoms with E-state index in [2.05, 4.69) is 29.7 Å². The van der Waals surface area contributed by atoms with Crippen molar-refractivity contribution in [3.8, 4) is 0 Å². The van der Waals surface area contributed by atoms with E-state index in [1.54, 1.807) is 14.2 Å². The van der Waals surface area contributed by atoms with Gasteiger partial charge >= 0.3 is 0 Å². The Kier molecular flexibility index (Phi) is 5.34. The third-order valence-corrected chi connectivity index (χ3v) is 4.04. The van der Waals surface area contributed by atoms with Gasteiger partial charge in [0.25, 0.3) is 0 Å². The average molecular weight is 264 g/mol. The third kappa shape index (κ3) is 3.34. The Morgan fingerprint density at radius 2 is 2.05 bits per heavy atom. The topological polar surface area (TPSA) is 56.5 Å². The zero-order valence-electron chi connectivity index (χ0n) is 11.8. The molecule has 106 valence electrons. The summed E-state index contributed by atoms with van der Waals surface area (Å²) in [6, 6.07) is 8.71. The summed E-state index contributed by atoms with van der Waals surface area (Å²) in [6.07, 6.45) is 4.25. The number of benzene rings is 1. The maximum atomic E-state index is 5.65. The second-order valence-electron chi connectivity index (χ2n) is 5.14. The maximum Gasteiger partial charge on any atom is 0.173 e. The van der Waals surface area contributed by atoms with E-state index in [0.29, 0.717) is 5.92 Å². The number of nitrogens with one attached hydrogen (secondary N) is 1. The zero-order chi connectivity index (χ0) is 13.7. The minimum atomic E-state index is -0.306. The Labute approximate surface area is 115 Å². The minimum Gasteiger partial charge on any atom is -0.354 e. The van der Waals surface area contributed by atoms with Crippen molar-refractivity contribution < 1.29 is 9.47 Å². The molecule has 2 atom stereocenters. The van der Waals surface area contributed by atoms with Gasteiger partial charge in [-0.2, -0.15) is 0 Å². The second kappa shape index (κ2) is 7.01. The summed E-state index contributed by atoms with van der Waals surface area (Å²) < 4.78 is 10.6. The Hall–Kier alpha value is -0.940. The van der Waals surface area contributed by atoms with Crippen LogP contribution < -0.4 is 11.3 Å². The number of aryl methyl sites for hydroxylation is 1. The number of ether oxygens (including phenoxy) is 2. The van der Waals surface area contributed by atoms with Crippen LogP contribution in [0.5, 0.6) is 0 Å². The molecular weight excluding hydrogens is 240 g/mol. The van der Waals surface area contributed by atoms with Crippen LogP contribution in [0.1, 0.15) is 36.3 Å². The fourth-order valence-corrected chi connectivity index (χ4v) is 3.09. The molecule has 4 heteroatoms. The predicted molar refractivity (Wildman–Crippen MR) is 75.7 cm³/mol. The number of hydrogen-bond donors (Lipinski definition) is 2. The molecule has 0 amide bonds. The lowest BCUT2D eigenvalue weighted by atomic mass is 9.79. The second-order valence-corrected chi connectivity index (χ2v) is 5.14. The molecular formula is C15H24N2O2. The van der Waals surface area contributed by atoms with E-state index in [-0.39, 0.29) is 12.3 Å². The summed E-state index contributed by atoms with van der Waals surface area (Å²) in [6.45, 7) is 0. The quantitative estimate of drug-likeness (QED) is 0.468. The molecule has 0 saturated heterocycles. The Morgan fingerprint density at radius 3 is 2.74 bits per heavy atom. The Balaban J connectivity index is 2.10. The maximum absolute atomic E-state index is 5.65. The van der Waals surface area contributed by atoms with E-state index in [9.17, 15) is 0 Å². The monoisotopic (exact) mass is 264 g/mol. The highest BCUT2D eigenvalue weighted by Crippen LogP contribution is 2.35. The van der Waals surface area contributed by atoms with Crippen LogP contribution in [-0.2, 0) is 15.9 Å². The van der Waals surface area contributed by atoms with E-state index >= 15 is 0 Å². The molecule has 2 rings (SSSR count). The molecule has 0 bridgehead atoms. The van der Waals surface area contributed by atoms with Crippen molar-refractivity contribution in [2.24, 2.45) is 5.84 Å². The molecule has 1 aromatic carbocycles. The van der Waals surface area contributed by atoms with Crippen LogP contribution in [0.4, 0.5) is 0 Å². The fourth-order valence-electron chi connectivity index (χ4n) is 3.09. The van der Waals surface area contributed by atoms with Crippen LogP contribution in [0.2, 0.25) is 0 Å². The smallest absolute Gasteiger partial charge is 0.173 e. The number of fused-ring (bicyclic) bond motifs is 1. The van der Waals surface area contributed by atoms with Gasteiger partial charge in [-0.3, -0.25) is 11.3 Å². The predicted octanol–water partition coefficient (Wildman–Crippen LogP) is 1.95. The van der Waals surface area contributed by atoms with Crippen molar-refractivity contribution in [1.82, 2.24) is 5.43 Å². The standard InChI is InChI=1S/C15H24N2O2/c1-18-15(19-2)14(17-16)10-12-8-5-7-11-6-3-4-9-13(11)12/h3-4,6,9,12,14-15,17H,5,7-8,10,16H2,1-2H3. The lowest BCUT2D eigenvalue weighted by molar-refractivity contribution is -0.125. The molecule has 0 heterocycles. The lowest BCUT2D eigenvalue weighted by Crippen LogP contribution is -2.46. The van der Waals surface area contributed by atoms with Crippen molar-refractivity contribution >= 4 is 0 Å². The van der Waals surface area contributed by atoms with Gasteiger partial charge in [-0.1, -0.05) is 24.3 Å². The highest BCUT2D eigenvalue weighted by atomic mass is 16.7. The molecule has 0 aliphatic heterocycles. The Bertz CT molecular complexity index is 393. The summed E-state index contributed by atoms with van der Waals surface area (Å²) in [7, 11) is 3.29. The molecule has 4 nitrogen and oxygen atoms in total. The van der Waals surface area contributed by atoms with Crippen molar-refractivity contribution in [3.63, 3.8) is 0 Å².